The molecule has 1 aromatic heterocycles. The lowest BCUT2D eigenvalue weighted by atomic mass is 10.4. The Morgan fingerprint density at radius 3 is 2.33 bits per heavy atom. The van der Waals surface area contributed by atoms with Crippen LogP contribution in [-0.4, -0.2) is 13.4 Å². The van der Waals surface area contributed by atoms with E-state index in [1.807, 2.05) is 0 Å². The molecule has 7 heteroatoms. The zero-order valence-corrected chi connectivity index (χ0v) is 12.1. The maximum Gasteiger partial charge on any atom is 0.261 e. The molecule has 5 nitrogen and oxygen atoms in total. The van der Waals surface area contributed by atoms with E-state index < -0.39 is 10.0 Å². The zero-order chi connectivity index (χ0) is 13.2. The molecule has 0 aliphatic carbocycles. The Balaban J connectivity index is 2.27. The summed E-state index contributed by atoms with van der Waals surface area (Å²) >= 11 is 2.11. The van der Waals surface area contributed by atoms with Crippen molar-refractivity contribution in [3.05, 3.63) is 46.2 Å². The number of rotatable bonds is 3. The molecule has 1 heterocycles. The minimum atomic E-state index is -3.58. The van der Waals surface area contributed by atoms with Gasteiger partial charge in [0, 0.05) is 3.57 Å². The molecule has 3 N–H and O–H groups in total. The second kappa shape index (κ2) is 5.11. The lowest BCUT2D eigenvalue weighted by Crippen LogP contribution is -2.13. The van der Waals surface area contributed by atoms with Crippen molar-refractivity contribution in [2.75, 3.05) is 10.5 Å². The predicted molar refractivity (Wildman–Crippen MR) is 78.6 cm³/mol. The Bertz CT molecular complexity index is 639. The van der Waals surface area contributed by atoms with Gasteiger partial charge in [-0.05, 0) is 59.0 Å². The van der Waals surface area contributed by atoms with Gasteiger partial charge in [-0.3, -0.25) is 4.72 Å². The molecule has 2 aromatic rings. The molecular formula is C11H10IN3O2S. The number of nitrogen functional groups attached to an aromatic ring is 1. The van der Waals surface area contributed by atoms with Gasteiger partial charge < -0.3 is 5.73 Å². The number of halogens is 1. The topological polar surface area (TPSA) is 85.1 Å². The van der Waals surface area contributed by atoms with E-state index in [4.69, 9.17) is 5.73 Å². The smallest absolute Gasteiger partial charge is 0.261 e. The molecule has 0 amide bonds. The first-order valence-electron chi connectivity index (χ1n) is 4.97. The van der Waals surface area contributed by atoms with Gasteiger partial charge in [0.05, 0.1) is 16.8 Å². The Labute approximate surface area is 119 Å². The number of nitrogens with zero attached hydrogens (tertiary/aromatic N) is 1. The van der Waals surface area contributed by atoms with Crippen LogP contribution in [0, 0.1) is 3.57 Å². The average molecular weight is 375 g/mol. The summed E-state index contributed by atoms with van der Waals surface area (Å²) in [4.78, 5) is 4.03. The fourth-order valence-corrected chi connectivity index (χ4v) is 2.70. The molecule has 94 valence electrons. The van der Waals surface area contributed by atoms with Crippen LogP contribution in [0.2, 0.25) is 0 Å². The van der Waals surface area contributed by atoms with Crippen LogP contribution in [0.1, 0.15) is 0 Å². The van der Waals surface area contributed by atoms with Crippen molar-refractivity contribution in [3.63, 3.8) is 0 Å². The summed E-state index contributed by atoms with van der Waals surface area (Å²) in [6.45, 7) is 0. The highest BCUT2D eigenvalue weighted by molar-refractivity contribution is 14.1. The number of aromatic nitrogens is 1. The second-order valence-corrected chi connectivity index (χ2v) is 6.46. The molecule has 0 radical (unpaired) electrons. The molecule has 0 saturated heterocycles. The van der Waals surface area contributed by atoms with E-state index in [1.165, 1.54) is 12.3 Å². The summed E-state index contributed by atoms with van der Waals surface area (Å²) < 4.78 is 27.5. The van der Waals surface area contributed by atoms with Crippen molar-refractivity contribution in [1.29, 1.82) is 0 Å². The number of anilines is 2. The maximum absolute atomic E-state index is 12.0. The Morgan fingerprint density at radius 1 is 1.11 bits per heavy atom. The summed E-state index contributed by atoms with van der Waals surface area (Å²) in [5, 5.41) is 0. The molecule has 0 saturated carbocycles. The number of hydrogen-bond donors (Lipinski definition) is 2. The third kappa shape index (κ3) is 3.10. The fraction of sp³-hybridized carbons (Fsp3) is 0. The molecule has 0 spiro atoms. The van der Waals surface area contributed by atoms with E-state index in [1.54, 1.807) is 30.3 Å². The maximum atomic E-state index is 12.0. The van der Waals surface area contributed by atoms with Gasteiger partial charge in [-0.1, -0.05) is 0 Å². The zero-order valence-electron chi connectivity index (χ0n) is 9.17. The van der Waals surface area contributed by atoms with Crippen LogP contribution in [0.15, 0.2) is 47.5 Å². The normalized spacial score (nSPS) is 11.2. The lowest BCUT2D eigenvalue weighted by molar-refractivity contribution is 0.601. The van der Waals surface area contributed by atoms with Gasteiger partial charge in [0.25, 0.3) is 10.0 Å². The van der Waals surface area contributed by atoms with Crippen molar-refractivity contribution in [1.82, 2.24) is 4.98 Å². The Kier molecular flexibility index (Phi) is 3.71. The van der Waals surface area contributed by atoms with Crippen LogP contribution in [0.3, 0.4) is 0 Å². The number of nitrogens with one attached hydrogen (secondary N) is 1. The Morgan fingerprint density at radius 2 is 1.78 bits per heavy atom. The first-order valence-corrected chi connectivity index (χ1v) is 7.53. The quantitative estimate of drug-likeness (QED) is 0.805. The van der Waals surface area contributed by atoms with Gasteiger partial charge >= 0.3 is 0 Å². The van der Waals surface area contributed by atoms with E-state index in [-0.39, 0.29) is 4.90 Å². The minimum Gasteiger partial charge on any atom is -0.384 e. The summed E-state index contributed by atoms with van der Waals surface area (Å²) in [5.74, 6) is 0.340. The van der Waals surface area contributed by atoms with E-state index >= 15 is 0 Å². The van der Waals surface area contributed by atoms with Gasteiger partial charge in [0.1, 0.15) is 5.82 Å². The third-order valence-electron chi connectivity index (χ3n) is 2.16. The predicted octanol–water partition coefficient (Wildman–Crippen LogP) is 2.07. The molecule has 2 rings (SSSR count). The highest BCUT2D eigenvalue weighted by Crippen LogP contribution is 2.17. The third-order valence-corrected chi connectivity index (χ3v) is 4.28. The number of hydrogen-bond acceptors (Lipinski definition) is 4. The monoisotopic (exact) mass is 375 g/mol. The van der Waals surface area contributed by atoms with Crippen molar-refractivity contribution in [3.8, 4) is 0 Å². The average Bonchev–Trinajstić information content (AvgIpc) is 2.32. The summed E-state index contributed by atoms with van der Waals surface area (Å²) in [7, 11) is -3.58. The standard InChI is InChI=1S/C11H10IN3O2S/c12-8-1-4-10(5-2-8)18(16,17)15-9-3-6-11(13)14-7-9/h1-7,15H,(H2,13,14). The van der Waals surface area contributed by atoms with Crippen molar-refractivity contribution >= 4 is 44.1 Å². The molecule has 0 unspecified atom stereocenters. The van der Waals surface area contributed by atoms with Crippen LogP contribution in [-0.2, 0) is 10.0 Å². The fourth-order valence-electron chi connectivity index (χ4n) is 1.29. The lowest BCUT2D eigenvalue weighted by Gasteiger charge is -2.07. The highest BCUT2D eigenvalue weighted by Gasteiger charge is 2.13. The molecule has 1 aromatic carbocycles. The first kappa shape index (κ1) is 13.1. The van der Waals surface area contributed by atoms with Crippen LogP contribution < -0.4 is 10.5 Å². The van der Waals surface area contributed by atoms with Gasteiger partial charge in [0.15, 0.2) is 0 Å². The van der Waals surface area contributed by atoms with E-state index in [9.17, 15) is 8.42 Å². The molecular weight excluding hydrogens is 365 g/mol. The summed E-state index contributed by atoms with van der Waals surface area (Å²) in [5.41, 5.74) is 5.81. The number of sulfonamides is 1. The molecule has 0 aliphatic heterocycles. The molecule has 0 fully saturated rings. The second-order valence-electron chi connectivity index (χ2n) is 3.53. The molecule has 0 bridgehead atoms. The number of nitrogens with two attached hydrogens (primary N) is 1. The van der Waals surface area contributed by atoms with E-state index in [0.29, 0.717) is 11.5 Å². The van der Waals surface area contributed by atoms with Gasteiger partial charge in [-0.2, -0.15) is 0 Å². The summed E-state index contributed by atoms with van der Waals surface area (Å²) in [6, 6.07) is 9.66. The molecule has 0 atom stereocenters. The van der Waals surface area contributed by atoms with E-state index in [0.717, 1.165) is 3.57 Å². The van der Waals surface area contributed by atoms with Gasteiger partial charge in [-0.15, -0.1) is 0 Å². The molecule has 18 heavy (non-hydrogen) atoms. The largest absolute Gasteiger partial charge is 0.384 e. The number of benzene rings is 1. The Hall–Kier alpha value is -1.35. The molecule has 0 aliphatic rings. The first-order chi connectivity index (χ1) is 8.47. The van der Waals surface area contributed by atoms with E-state index in [2.05, 4.69) is 32.3 Å². The van der Waals surface area contributed by atoms with Gasteiger partial charge in [0.2, 0.25) is 0 Å². The van der Waals surface area contributed by atoms with Crippen molar-refractivity contribution in [2.45, 2.75) is 4.90 Å². The summed E-state index contributed by atoms with van der Waals surface area (Å²) in [6.07, 6.45) is 1.37. The highest BCUT2D eigenvalue weighted by atomic mass is 127. The van der Waals surface area contributed by atoms with Crippen LogP contribution in [0.25, 0.3) is 0 Å². The number of pyridine rings is 1. The minimum absolute atomic E-state index is 0.208. The van der Waals surface area contributed by atoms with Crippen molar-refractivity contribution in [2.24, 2.45) is 0 Å². The van der Waals surface area contributed by atoms with Crippen LogP contribution in [0.4, 0.5) is 11.5 Å². The van der Waals surface area contributed by atoms with Gasteiger partial charge in [-0.25, -0.2) is 13.4 Å². The van der Waals surface area contributed by atoms with Crippen LogP contribution in [0.5, 0.6) is 0 Å². The van der Waals surface area contributed by atoms with Crippen molar-refractivity contribution < 1.29 is 8.42 Å². The SMILES string of the molecule is Nc1ccc(NS(=O)(=O)c2ccc(I)cc2)cn1. The van der Waals surface area contributed by atoms with Crippen LogP contribution >= 0.6 is 22.6 Å².